The molecule has 0 aliphatic rings. The molecule has 8 heteroatoms. The van der Waals surface area contributed by atoms with Crippen molar-refractivity contribution in [1.29, 1.82) is 0 Å². The fourth-order valence-corrected chi connectivity index (χ4v) is 0.399. The number of alkyl halides is 3. The zero-order valence-electron chi connectivity index (χ0n) is 9.68. The van der Waals surface area contributed by atoms with E-state index in [-0.39, 0.29) is 0 Å². The quantitative estimate of drug-likeness (QED) is 0.503. The summed E-state index contributed by atoms with van der Waals surface area (Å²) >= 11 is 0. The molecule has 0 unspecified atom stereocenters. The summed E-state index contributed by atoms with van der Waals surface area (Å²) in [4.78, 5) is 0. The zero-order valence-corrected chi connectivity index (χ0v) is 6.49. The second kappa shape index (κ2) is 4.06. The Hall–Kier alpha value is -0.340. The number of hydrogen-bond acceptors (Lipinski definition) is 4. The molecule has 0 rings (SSSR count). The maximum atomic E-state index is 11.8. The Labute approximate surface area is 73.0 Å². The SMILES string of the molecule is [2H]C([2H])(OC)C([2H])([2H])OS(=O)(=O)C(F)(F)F. The predicted octanol–water partition coefficient (Wildman–Crippen LogP) is 0.499. The largest absolute Gasteiger partial charge is 0.523 e. The van der Waals surface area contributed by atoms with Crippen LogP contribution in [0.25, 0.3) is 0 Å². The average molecular weight is 212 g/mol. The molecule has 0 heterocycles. The fourth-order valence-electron chi connectivity index (χ4n) is 0.161. The van der Waals surface area contributed by atoms with Crippen molar-refractivity contribution in [3.05, 3.63) is 0 Å². The van der Waals surface area contributed by atoms with Crippen LogP contribution in [0.2, 0.25) is 0 Å². The zero-order chi connectivity index (χ0) is 13.4. The molecule has 0 fully saturated rings. The van der Waals surface area contributed by atoms with Crippen LogP contribution in [-0.2, 0) is 19.0 Å². The number of methoxy groups -OCH3 is 1. The number of ether oxygens (including phenoxy) is 1. The first kappa shape index (κ1) is 6.17. The van der Waals surface area contributed by atoms with Crippen LogP contribution in [0.15, 0.2) is 0 Å². The van der Waals surface area contributed by atoms with Crippen LogP contribution in [0.4, 0.5) is 13.2 Å². The normalized spacial score (nSPS) is 20.7. The first-order valence-corrected chi connectivity index (χ1v) is 3.75. The molecule has 0 aromatic rings. The van der Waals surface area contributed by atoms with Gasteiger partial charge in [-0.25, -0.2) is 0 Å². The summed E-state index contributed by atoms with van der Waals surface area (Å²) in [6.07, 6.45) is 0. The van der Waals surface area contributed by atoms with E-state index in [1.807, 2.05) is 0 Å². The van der Waals surface area contributed by atoms with E-state index < -0.39 is 28.7 Å². The van der Waals surface area contributed by atoms with Gasteiger partial charge in [0.2, 0.25) is 0 Å². The molecule has 4 nitrogen and oxygen atoms in total. The molecule has 0 radical (unpaired) electrons. The molecule has 0 aliphatic carbocycles. The van der Waals surface area contributed by atoms with Crippen molar-refractivity contribution in [3.63, 3.8) is 0 Å². The highest BCUT2D eigenvalue weighted by Crippen LogP contribution is 2.24. The molecule has 12 heavy (non-hydrogen) atoms. The summed E-state index contributed by atoms with van der Waals surface area (Å²) in [6.45, 7) is -7.17. The Morgan fingerprint density at radius 1 is 1.42 bits per heavy atom. The smallest absolute Gasteiger partial charge is 0.382 e. The van der Waals surface area contributed by atoms with Gasteiger partial charge >= 0.3 is 15.6 Å². The van der Waals surface area contributed by atoms with Gasteiger partial charge in [-0.2, -0.15) is 21.6 Å². The molecule has 0 saturated heterocycles. The van der Waals surface area contributed by atoms with Crippen LogP contribution >= 0.6 is 0 Å². The lowest BCUT2D eigenvalue weighted by Crippen LogP contribution is -2.26. The maximum absolute atomic E-state index is 11.8. The second-order valence-corrected chi connectivity index (χ2v) is 2.93. The van der Waals surface area contributed by atoms with Crippen LogP contribution in [0, 0.1) is 0 Å². The van der Waals surface area contributed by atoms with E-state index >= 15 is 0 Å². The van der Waals surface area contributed by atoms with Crippen LogP contribution < -0.4 is 0 Å². The minimum atomic E-state index is -6.24. The van der Waals surface area contributed by atoms with E-state index in [2.05, 4.69) is 8.92 Å². The number of halogens is 3. The number of hydrogen-bond donors (Lipinski definition) is 0. The van der Waals surface area contributed by atoms with Crippen LogP contribution in [-0.4, -0.2) is 34.2 Å². The molecule has 0 bridgehead atoms. The fraction of sp³-hybridized carbons (Fsp3) is 1.00. The molecule has 0 aromatic carbocycles. The van der Waals surface area contributed by atoms with Crippen molar-refractivity contribution in [1.82, 2.24) is 0 Å². The van der Waals surface area contributed by atoms with Crippen molar-refractivity contribution in [2.45, 2.75) is 5.51 Å². The molecular formula is C4H7F3O4S. The third kappa shape index (κ3) is 3.37. The van der Waals surface area contributed by atoms with E-state index in [4.69, 9.17) is 5.48 Å². The van der Waals surface area contributed by atoms with Crippen molar-refractivity contribution in [2.75, 3.05) is 20.2 Å². The van der Waals surface area contributed by atoms with Crippen molar-refractivity contribution >= 4 is 10.1 Å². The lowest BCUT2D eigenvalue weighted by atomic mass is 10.8. The standard InChI is InChI=1S/C4H7F3O4S/c1-10-2-3-11-12(8,9)4(5,6)7/h2-3H2,1H3/i2D2,3D2. The molecule has 0 saturated carbocycles. The second-order valence-electron chi connectivity index (χ2n) is 1.39. The van der Waals surface area contributed by atoms with E-state index in [9.17, 15) is 21.6 Å². The maximum Gasteiger partial charge on any atom is 0.523 e. The lowest BCUT2D eigenvalue weighted by molar-refractivity contribution is -0.0551. The molecule has 74 valence electrons. The van der Waals surface area contributed by atoms with Gasteiger partial charge in [-0.3, -0.25) is 4.18 Å². The van der Waals surface area contributed by atoms with Gasteiger partial charge in [0, 0.05) is 7.11 Å². The van der Waals surface area contributed by atoms with E-state index in [1.54, 1.807) is 0 Å². The Kier molecular flexibility index (Phi) is 2.08. The van der Waals surface area contributed by atoms with Gasteiger partial charge in [-0.1, -0.05) is 0 Å². The summed E-state index contributed by atoms with van der Waals surface area (Å²) in [5.41, 5.74) is -5.84. The predicted molar refractivity (Wildman–Crippen MR) is 32.8 cm³/mol. The summed E-state index contributed by atoms with van der Waals surface area (Å²) in [7, 11) is -5.60. The molecule has 0 atom stereocenters. The van der Waals surface area contributed by atoms with E-state index in [0.29, 0.717) is 7.11 Å². The number of rotatable bonds is 4. The highest BCUT2D eigenvalue weighted by molar-refractivity contribution is 7.87. The Bertz CT molecular complexity index is 351. The molecule has 0 aromatic heterocycles. The highest BCUT2D eigenvalue weighted by Gasteiger charge is 2.47. The van der Waals surface area contributed by atoms with Crippen molar-refractivity contribution in [2.24, 2.45) is 0 Å². The third-order valence-corrected chi connectivity index (χ3v) is 1.45. The van der Waals surface area contributed by atoms with Crippen LogP contribution in [0.5, 0.6) is 0 Å². The van der Waals surface area contributed by atoms with E-state index in [0.717, 1.165) is 0 Å². The van der Waals surface area contributed by atoms with Gasteiger partial charge in [-0.05, 0) is 0 Å². The molecule has 0 amide bonds. The first-order chi connectivity index (χ1) is 6.77. The monoisotopic (exact) mass is 212 g/mol. The minimum absolute atomic E-state index is 0.640. The first-order valence-electron chi connectivity index (χ1n) is 4.34. The van der Waals surface area contributed by atoms with E-state index in [1.165, 1.54) is 0 Å². The van der Waals surface area contributed by atoms with Gasteiger partial charge in [0.1, 0.15) is 0 Å². The van der Waals surface area contributed by atoms with Crippen LogP contribution in [0.1, 0.15) is 5.48 Å². The van der Waals surface area contributed by atoms with Crippen molar-refractivity contribution < 1.29 is 36.0 Å². The minimum Gasteiger partial charge on any atom is -0.382 e. The summed E-state index contributed by atoms with van der Waals surface area (Å²) in [6, 6.07) is 0. The van der Waals surface area contributed by atoms with Crippen molar-refractivity contribution in [3.8, 4) is 0 Å². The Morgan fingerprint density at radius 2 is 1.92 bits per heavy atom. The molecule has 0 spiro atoms. The molecule has 0 aliphatic heterocycles. The van der Waals surface area contributed by atoms with Gasteiger partial charge < -0.3 is 4.74 Å². The van der Waals surface area contributed by atoms with Gasteiger partial charge in [0.15, 0.2) is 0 Å². The summed E-state index contributed by atoms with van der Waals surface area (Å²) in [5, 5.41) is 0. The molecular weight excluding hydrogens is 201 g/mol. The Morgan fingerprint density at radius 3 is 2.25 bits per heavy atom. The summed E-state index contributed by atoms with van der Waals surface area (Å²) < 4.78 is 90.3. The Balaban J connectivity index is 5.16. The third-order valence-electron chi connectivity index (χ3n) is 0.579. The lowest BCUT2D eigenvalue weighted by Gasteiger charge is -2.06. The highest BCUT2D eigenvalue weighted by atomic mass is 32.2. The topological polar surface area (TPSA) is 52.6 Å². The summed E-state index contributed by atoms with van der Waals surface area (Å²) in [5.74, 6) is 0. The van der Waals surface area contributed by atoms with Gasteiger partial charge in [0.05, 0.1) is 18.6 Å². The molecule has 0 N–H and O–H groups in total. The van der Waals surface area contributed by atoms with Gasteiger partial charge in [0.25, 0.3) is 0 Å². The average Bonchev–Trinajstić information content (AvgIpc) is 1.99. The van der Waals surface area contributed by atoms with Gasteiger partial charge in [-0.15, -0.1) is 0 Å². The van der Waals surface area contributed by atoms with Crippen LogP contribution in [0.3, 0.4) is 0 Å².